The standard InChI is InChI=1S/C12H17N.3C4H10.Sn/c1-3-4-10-13(2)11-12-8-6-5-7-9-12;3*1-3-4-2;/h3,5-9H,1,4,10-11H2,2H3;3*3-4H2,1-2H3;. The van der Waals surface area contributed by atoms with Crippen LogP contribution in [0.5, 0.6) is 0 Å². The summed E-state index contributed by atoms with van der Waals surface area (Å²) in [5.74, 6) is 0. The van der Waals surface area contributed by atoms with Crippen LogP contribution in [0.15, 0.2) is 43.0 Å². The zero-order valence-electron chi connectivity index (χ0n) is 19.0. The Labute approximate surface area is 183 Å². The maximum absolute atomic E-state index is 3.71. The quantitative estimate of drug-likeness (QED) is 0.279. The smallest absolute Gasteiger partial charge is 0.0230 e. The van der Waals surface area contributed by atoms with E-state index in [4.69, 9.17) is 0 Å². The largest absolute Gasteiger partial charge is 0.302 e. The molecule has 0 N–H and O–H groups in total. The SMILES string of the molecule is C=CCCN(C)Cc1ccccc1.CCCC.CCCC.CCCC.[Sn]. The Morgan fingerprint density at radius 2 is 1.15 bits per heavy atom. The van der Waals surface area contributed by atoms with Crippen LogP contribution >= 0.6 is 0 Å². The van der Waals surface area contributed by atoms with E-state index in [0.29, 0.717) is 0 Å². The molecule has 0 aliphatic carbocycles. The Kier molecular flexibility index (Phi) is 41.5. The van der Waals surface area contributed by atoms with Crippen molar-refractivity contribution in [2.24, 2.45) is 0 Å². The van der Waals surface area contributed by atoms with Crippen LogP contribution in [0.1, 0.15) is 92.1 Å². The molecule has 2 heteroatoms. The van der Waals surface area contributed by atoms with Crippen LogP contribution in [0.2, 0.25) is 0 Å². The van der Waals surface area contributed by atoms with Crippen molar-refractivity contribution in [2.75, 3.05) is 13.6 Å². The normalized spacial score (nSPS) is 8.62. The Hall–Kier alpha value is -0.281. The third-order valence-corrected chi connectivity index (χ3v) is 3.51. The van der Waals surface area contributed by atoms with Crippen molar-refractivity contribution in [3.05, 3.63) is 48.6 Å². The van der Waals surface area contributed by atoms with Gasteiger partial charge in [0.1, 0.15) is 0 Å². The van der Waals surface area contributed by atoms with Gasteiger partial charge in [-0.05, 0) is 19.0 Å². The number of nitrogens with zero attached hydrogens (tertiary/aromatic N) is 1. The van der Waals surface area contributed by atoms with Crippen molar-refractivity contribution < 1.29 is 0 Å². The molecular weight excluding hydrogens is 421 g/mol. The summed E-state index contributed by atoms with van der Waals surface area (Å²) in [4.78, 5) is 2.30. The van der Waals surface area contributed by atoms with Gasteiger partial charge in [0.05, 0.1) is 0 Å². The molecule has 0 fully saturated rings. The molecule has 26 heavy (non-hydrogen) atoms. The second-order valence-electron chi connectivity index (χ2n) is 6.30. The molecule has 1 nitrogen and oxygen atoms in total. The fourth-order valence-electron chi connectivity index (χ4n) is 1.29. The number of benzene rings is 1. The molecule has 152 valence electrons. The van der Waals surface area contributed by atoms with Crippen LogP contribution in [0.4, 0.5) is 0 Å². The topological polar surface area (TPSA) is 3.24 Å². The third kappa shape index (κ3) is 34.9. The predicted octanol–water partition coefficient (Wildman–Crippen LogP) is 7.73. The molecule has 0 bridgehead atoms. The van der Waals surface area contributed by atoms with Gasteiger partial charge < -0.3 is 4.90 Å². The first-order chi connectivity index (χ1) is 12.1. The van der Waals surface area contributed by atoms with Gasteiger partial charge in [0.25, 0.3) is 0 Å². The molecule has 0 saturated heterocycles. The van der Waals surface area contributed by atoms with E-state index in [1.165, 1.54) is 44.1 Å². The van der Waals surface area contributed by atoms with Crippen LogP contribution in [0, 0.1) is 0 Å². The Morgan fingerprint density at radius 3 is 1.46 bits per heavy atom. The second-order valence-corrected chi connectivity index (χ2v) is 6.30. The summed E-state index contributed by atoms with van der Waals surface area (Å²) < 4.78 is 0. The second kappa shape index (κ2) is 32.4. The van der Waals surface area contributed by atoms with E-state index >= 15 is 0 Å². The first-order valence-electron chi connectivity index (χ1n) is 10.4. The molecule has 0 aliphatic rings. The zero-order chi connectivity index (χ0) is 19.8. The molecule has 1 rings (SSSR count). The molecule has 1 aromatic carbocycles. The van der Waals surface area contributed by atoms with Gasteiger partial charge in [0, 0.05) is 37.0 Å². The van der Waals surface area contributed by atoms with Crippen molar-refractivity contribution in [1.82, 2.24) is 4.90 Å². The first kappa shape index (κ1) is 33.3. The van der Waals surface area contributed by atoms with Crippen LogP contribution < -0.4 is 0 Å². The summed E-state index contributed by atoms with van der Waals surface area (Å²) in [6, 6.07) is 10.5. The van der Waals surface area contributed by atoms with Crippen LogP contribution in [0.25, 0.3) is 0 Å². The fourth-order valence-corrected chi connectivity index (χ4v) is 1.29. The maximum Gasteiger partial charge on any atom is 0.0230 e. The molecule has 0 unspecified atom stereocenters. The zero-order valence-corrected chi connectivity index (χ0v) is 21.8. The van der Waals surface area contributed by atoms with Crippen LogP contribution in [0.3, 0.4) is 0 Å². The van der Waals surface area contributed by atoms with E-state index < -0.39 is 0 Å². The van der Waals surface area contributed by atoms with Crippen molar-refractivity contribution in [3.63, 3.8) is 0 Å². The predicted molar refractivity (Wildman–Crippen MR) is 125 cm³/mol. The van der Waals surface area contributed by atoms with E-state index in [1.54, 1.807) is 0 Å². The minimum absolute atomic E-state index is 0. The molecular formula is C24H47NSn. The molecule has 1 aromatic rings. The minimum atomic E-state index is 0. The molecule has 0 aromatic heterocycles. The summed E-state index contributed by atoms with van der Waals surface area (Å²) in [7, 11) is 2.14. The molecule has 0 saturated carbocycles. The summed E-state index contributed by atoms with van der Waals surface area (Å²) >= 11 is 0. The Balaban J connectivity index is -0.000000155. The molecule has 0 amide bonds. The molecule has 0 heterocycles. The van der Waals surface area contributed by atoms with Gasteiger partial charge in [-0.15, -0.1) is 6.58 Å². The summed E-state index contributed by atoms with van der Waals surface area (Å²) in [6.45, 7) is 18.9. The monoisotopic (exact) mass is 469 g/mol. The Morgan fingerprint density at radius 1 is 0.769 bits per heavy atom. The Bertz CT molecular complexity index is 309. The van der Waals surface area contributed by atoms with Gasteiger partial charge in [0.15, 0.2) is 0 Å². The number of unbranched alkanes of at least 4 members (excludes halogenated alkanes) is 3. The van der Waals surface area contributed by atoms with E-state index in [9.17, 15) is 0 Å². The summed E-state index contributed by atoms with van der Waals surface area (Å²) in [5, 5.41) is 0. The van der Waals surface area contributed by atoms with Gasteiger partial charge in [-0.25, -0.2) is 0 Å². The minimum Gasteiger partial charge on any atom is -0.302 e. The van der Waals surface area contributed by atoms with Crippen molar-refractivity contribution >= 4 is 23.9 Å². The van der Waals surface area contributed by atoms with Gasteiger partial charge in [0.2, 0.25) is 0 Å². The number of hydrogen-bond acceptors (Lipinski definition) is 1. The molecule has 4 radical (unpaired) electrons. The van der Waals surface area contributed by atoms with Gasteiger partial charge in [-0.1, -0.05) is 116 Å². The van der Waals surface area contributed by atoms with Gasteiger partial charge >= 0.3 is 0 Å². The maximum atomic E-state index is 3.71. The van der Waals surface area contributed by atoms with Gasteiger partial charge in [-0.3, -0.25) is 0 Å². The average Bonchev–Trinajstić information content (AvgIpc) is 2.67. The van der Waals surface area contributed by atoms with Crippen molar-refractivity contribution in [2.45, 2.75) is 93.0 Å². The fraction of sp³-hybridized carbons (Fsp3) is 0.667. The third-order valence-electron chi connectivity index (χ3n) is 3.51. The average molecular weight is 468 g/mol. The van der Waals surface area contributed by atoms with Crippen LogP contribution in [-0.2, 0) is 6.54 Å². The number of rotatable bonds is 8. The number of hydrogen-bond donors (Lipinski definition) is 0. The summed E-state index contributed by atoms with van der Waals surface area (Å²) in [6.07, 6.45) is 10.9. The van der Waals surface area contributed by atoms with Crippen molar-refractivity contribution in [1.29, 1.82) is 0 Å². The molecule has 0 spiro atoms. The van der Waals surface area contributed by atoms with E-state index in [1.807, 2.05) is 12.1 Å². The van der Waals surface area contributed by atoms with Crippen LogP contribution in [-0.4, -0.2) is 42.4 Å². The van der Waals surface area contributed by atoms with E-state index in [0.717, 1.165) is 19.5 Å². The van der Waals surface area contributed by atoms with Crippen molar-refractivity contribution in [3.8, 4) is 0 Å². The van der Waals surface area contributed by atoms with Gasteiger partial charge in [-0.2, -0.15) is 0 Å². The molecule has 0 atom stereocenters. The summed E-state index contributed by atoms with van der Waals surface area (Å²) in [5.41, 5.74) is 1.37. The van der Waals surface area contributed by atoms with E-state index in [-0.39, 0.29) is 23.9 Å². The molecule has 0 aliphatic heterocycles. The first-order valence-corrected chi connectivity index (χ1v) is 10.4. The van der Waals surface area contributed by atoms with E-state index in [2.05, 4.69) is 84.3 Å².